The van der Waals surface area contributed by atoms with Crippen molar-refractivity contribution >= 4 is 6.09 Å². The topological polar surface area (TPSA) is 41.6 Å². The van der Waals surface area contributed by atoms with Gasteiger partial charge >= 0.3 is 12.3 Å². The van der Waals surface area contributed by atoms with E-state index in [2.05, 4.69) is 10.2 Å². The third-order valence-electron chi connectivity index (χ3n) is 7.13. The summed E-state index contributed by atoms with van der Waals surface area (Å²) >= 11 is 0. The number of rotatable bonds is 3. The lowest BCUT2D eigenvalue weighted by Gasteiger charge is -2.44. The number of alkyl carbamates (subject to hydrolysis) is 1. The van der Waals surface area contributed by atoms with Gasteiger partial charge in [0.1, 0.15) is 6.10 Å². The Bertz CT molecular complexity index is 999. The van der Waals surface area contributed by atoms with Gasteiger partial charge in [0.25, 0.3) is 0 Å². The number of fused-ring (bicyclic) bond motifs is 4. The number of hydrogen-bond donors (Lipinski definition) is 1. The number of halogens is 3. The molecule has 7 heteroatoms. The Kier molecular flexibility index (Phi) is 5.61. The van der Waals surface area contributed by atoms with Crippen LogP contribution in [0, 0.1) is 5.92 Å². The van der Waals surface area contributed by atoms with E-state index in [0.717, 1.165) is 74.5 Å². The molecule has 4 aliphatic rings. The molecule has 0 spiro atoms. The minimum Gasteiger partial charge on any atom is -0.445 e. The first kappa shape index (κ1) is 21.3. The summed E-state index contributed by atoms with van der Waals surface area (Å²) in [6.45, 7) is 3.01. The molecule has 0 radical (unpaired) electrons. The number of nitrogens with zero attached hydrogens (tertiary/aromatic N) is 1. The van der Waals surface area contributed by atoms with Crippen molar-refractivity contribution in [1.82, 2.24) is 10.2 Å². The Morgan fingerprint density at radius 2 is 1.81 bits per heavy atom. The van der Waals surface area contributed by atoms with Gasteiger partial charge in [-0.3, -0.25) is 4.90 Å². The van der Waals surface area contributed by atoms with E-state index in [0.29, 0.717) is 11.5 Å². The average molecular weight is 444 g/mol. The summed E-state index contributed by atoms with van der Waals surface area (Å²) in [6, 6.07) is 11.0. The number of aryl methyl sites for hydroxylation is 1. The number of hydrogen-bond acceptors (Lipinski definition) is 3. The average Bonchev–Trinajstić information content (AvgIpc) is 2.79. The van der Waals surface area contributed by atoms with Crippen LogP contribution in [0.25, 0.3) is 11.1 Å². The molecule has 1 N–H and O–H groups in total. The molecule has 6 rings (SSSR count). The molecular weight excluding hydrogens is 417 g/mol. The molecule has 4 nitrogen and oxygen atoms in total. The van der Waals surface area contributed by atoms with Crippen LogP contribution in [0.2, 0.25) is 0 Å². The molecule has 1 unspecified atom stereocenters. The zero-order valence-electron chi connectivity index (χ0n) is 17.8. The third kappa shape index (κ3) is 4.35. The Morgan fingerprint density at radius 3 is 2.53 bits per heavy atom. The molecule has 0 saturated carbocycles. The molecule has 2 bridgehead atoms. The minimum atomic E-state index is -4.37. The molecule has 1 amide bonds. The fourth-order valence-corrected chi connectivity index (χ4v) is 5.38. The van der Waals surface area contributed by atoms with Crippen LogP contribution in [-0.4, -0.2) is 36.7 Å². The van der Waals surface area contributed by atoms with E-state index < -0.39 is 11.7 Å². The van der Waals surface area contributed by atoms with Crippen LogP contribution in [0.15, 0.2) is 42.5 Å². The largest absolute Gasteiger partial charge is 0.445 e. The second kappa shape index (κ2) is 8.43. The van der Waals surface area contributed by atoms with Gasteiger partial charge in [0.15, 0.2) is 0 Å². The normalized spacial score (nSPS) is 27.0. The molecule has 2 aromatic carbocycles. The molecule has 2 atom stereocenters. The van der Waals surface area contributed by atoms with Gasteiger partial charge in [0.05, 0.1) is 11.6 Å². The van der Waals surface area contributed by atoms with Gasteiger partial charge in [-0.1, -0.05) is 30.3 Å². The van der Waals surface area contributed by atoms with Gasteiger partial charge in [0, 0.05) is 6.54 Å². The first-order chi connectivity index (χ1) is 15.4. The van der Waals surface area contributed by atoms with Crippen molar-refractivity contribution in [3.05, 3.63) is 59.2 Å². The first-order valence-electron chi connectivity index (χ1n) is 11.4. The summed E-state index contributed by atoms with van der Waals surface area (Å²) in [4.78, 5) is 15.0. The van der Waals surface area contributed by atoms with Gasteiger partial charge in [0.2, 0.25) is 0 Å². The van der Waals surface area contributed by atoms with Crippen molar-refractivity contribution in [2.75, 3.05) is 19.6 Å². The highest BCUT2D eigenvalue weighted by molar-refractivity contribution is 5.69. The van der Waals surface area contributed by atoms with Crippen molar-refractivity contribution in [2.24, 2.45) is 5.92 Å². The number of amides is 1. The molecule has 3 fully saturated rings. The highest BCUT2D eigenvalue weighted by atomic mass is 19.4. The smallest absolute Gasteiger partial charge is 0.416 e. The predicted molar refractivity (Wildman–Crippen MR) is 115 cm³/mol. The molecule has 3 aliphatic heterocycles. The number of benzene rings is 2. The number of carbonyl (C=O) groups is 1. The summed E-state index contributed by atoms with van der Waals surface area (Å²) in [5.41, 5.74) is 2.74. The van der Waals surface area contributed by atoms with E-state index in [9.17, 15) is 18.0 Å². The van der Waals surface area contributed by atoms with Gasteiger partial charge in [-0.25, -0.2) is 4.79 Å². The summed E-state index contributed by atoms with van der Waals surface area (Å²) in [5.74, 6) is 0.458. The van der Waals surface area contributed by atoms with E-state index in [-0.39, 0.29) is 18.2 Å². The van der Waals surface area contributed by atoms with Crippen LogP contribution in [0.1, 0.15) is 48.4 Å². The van der Waals surface area contributed by atoms with Gasteiger partial charge in [-0.15, -0.1) is 0 Å². The quantitative estimate of drug-likeness (QED) is 0.673. The van der Waals surface area contributed by atoms with Crippen molar-refractivity contribution < 1.29 is 22.7 Å². The molecule has 3 heterocycles. The Labute approximate surface area is 185 Å². The summed E-state index contributed by atoms with van der Waals surface area (Å²) < 4.78 is 45.1. The monoisotopic (exact) mass is 444 g/mol. The van der Waals surface area contributed by atoms with Crippen LogP contribution in [0.3, 0.4) is 0 Å². The maximum atomic E-state index is 13.1. The fraction of sp³-hybridized carbons (Fsp3) is 0.480. The summed E-state index contributed by atoms with van der Waals surface area (Å²) in [5, 5.41) is 3.04. The lowest BCUT2D eigenvalue weighted by Crippen LogP contribution is -2.52. The van der Waals surface area contributed by atoms with Crippen LogP contribution >= 0.6 is 0 Å². The van der Waals surface area contributed by atoms with Crippen LogP contribution < -0.4 is 5.32 Å². The van der Waals surface area contributed by atoms with Crippen molar-refractivity contribution in [3.8, 4) is 11.1 Å². The predicted octanol–water partition coefficient (Wildman–Crippen LogP) is 5.57. The lowest BCUT2D eigenvalue weighted by molar-refractivity contribution is -0.137. The molecule has 0 aromatic heterocycles. The number of nitrogens with one attached hydrogen (secondary N) is 1. The molecule has 2 aromatic rings. The number of ether oxygens (including phenoxy) is 1. The Morgan fingerprint density at radius 1 is 1.03 bits per heavy atom. The van der Waals surface area contributed by atoms with Gasteiger partial charge in [-0.2, -0.15) is 13.2 Å². The maximum absolute atomic E-state index is 13.1. The molecule has 3 saturated heterocycles. The third-order valence-corrected chi connectivity index (χ3v) is 7.13. The number of piperidine rings is 3. The van der Waals surface area contributed by atoms with E-state index >= 15 is 0 Å². The second-order valence-electron chi connectivity index (χ2n) is 9.16. The Hall–Kier alpha value is -2.54. The maximum Gasteiger partial charge on any atom is 0.416 e. The van der Waals surface area contributed by atoms with Gasteiger partial charge < -0.3 is 10.1 Å². The zero-order chi connectivity index (χ0) is 22.3. The van der Waals surface area contributed by atoms with E-state index in [1.54, 1.807) is 6.07 Å². The van der Waals surface area contributed by atoms with Crippen molar-refractivity contribution in [3.63, 3.8) is 0 Å². The SMILES string of the molecule is O=C(NC1CCCc2cc(-c3cccc(C(F)(F)F)c3)ccc21)O[C@H]1CN2CCC1CC2. The molecule has 32 heavy (non-hydrogen) atoms. The van der Waals surface area contributed by atoms with E-state index in [1.807, 2.05) is 18.2 Å². The highest BCUT2D eigenvalue weighted by Crippen LogP contribution is 2.36. The van der Waals surface area contributed by atoms with Crippen LogP contribution in [0.4, 0.5) is 18.0 Å². The first-order valence-corrected chi connectivity index (χ1v) is 11.4. The summed E-state index contributed by atoms with van der Waals surface area (Å²) in [6.07, 6.45) is -0.0313. The molecule has 170 valence electrons. The standard InChI is InChI=1S/C25H27F3N2O2/c26-25(27,28)20-5-1-3-17(14-20)18-7-8-21-19(13-18)4-2-6-22(21)29-24(31)32-23-15-30-11-9-16(23)10-12-30/h1,3,5,7-8,13-14,16,22-23H,2,4,6,9-12,15H2,(H,29,31)/t22?,23-/m0/s1. The van der Waals surface area contributed by atoms with Gasteiger partial charge in [-0.05, 0) is 85.5 Å². The minimum absolute atomic E-state index is 0.0381. The Balaban J connectivity index is 1.30. The van der Waals surface area contributed by atoms with E-state index in [4.69, 9.17) is 4.74 Å². The molecular formula is C25H27F3N2O2. The highest BCUT2D eigenvalue weighted by Gasteiger charge is 2.37. The van der Waals surface area contributed by atoms with Crippen molar-refractivity contribution in [2.45, 2.75) is 50.4 Å². The van der Waals surface area contributed by atoms with E-state index in [1.165, 1.54) is 12.1 Å². The molecule has 1 aliphatic carbocycles. The zero-order valence-corrected chi connectivity index (χ0v) is 17.8. The number of carbonyl (C=O) groups excluding carboxylic acids is 1. The fourth-order valence-electron chi connectivity index (χ4n) is 5.38. The number of alkyl halides is 3. The lowest BCUT2D eigenvalue weighted by atomic mass is 9.85. The van der Waals surface area contributed by atoms with Crippen LogP contribution in [0.5, 0.6) is 0 Å². The van der Waals surface area contributed by atoms with Crippen molar-refractivity contribution in [1.29, 1.82) is 0 Å². The summed E-state index contributed by atoms with van der Waals surface area (Å²) in [7, 11) is 0. The van der Waals surface area contributed by atoms with Crippen LogP contribution in [-0.2, 0) is 17.3 Å². The second-order valence-corrected chi connectivity index (χ2v) is 9.16.